The molecule has 3 heterocycles. The Labute approximate surface area is 170 Å². The molecule has 4 rings (SSSR count). The summed E-state index contributed by atoms with van der Waals surface area (Å²) in [4.78, 5) is 13.1. The van der Waals surface area contributed by atoms with Gasteiger partial charge in [0.25, 0.3) is 0 Å². The minimum absolute atomic E-state index is 0. The van der Waals surface area contributed by atoms with E-state index in [1.165, 1.54) is 6.26 Å². The average molecular weight is 402 g/mol. The second-order valence-electron chi connectivity index (χ2n) is 6.36. The van der Waals surface area contributed by atoms with E-state index in [0.717, 1.165) is 22.0 Å². The highest BCUT2D eigenvalue weighted by Crippen LogP contribution is 2.22. The van der Waals surface area contributed by atoms with Gasteiger partial charge in [-0.15, -0.1) is 0 Å². The van der Waals surface area contributed by atoms with Crippen LogP contribution in [0.5, 0.6) is 0 Å². The third-order valence-electron chi connectivity index (χ3n) is 4.21. The van der Waals surface area contributed by atoms with Crippen molar-refractivity contribution in [2.75, 3.05) is 11.6 Å². The highest BCUT2D eigenvalue weighted by atomic mass is 32.2. The molecule has 1 N–H and O–H groups in total. The number of pyridine rings is 3. The summed E-state index contributed by atoms with van der Waals surface area (Å²) in [5.74, 6) is 6.82. The smallest absolute Gasteiger partial charge is 0.175 e. The predicted octanol–water partition coefficient (Wildman–Crippen LogP) is 3.82. The van der Waals surface area contributed by atoms with Gasteiger partial charge in [0.05, 0.1) is 4.90 Å². The molecule has 0 saturated carbocycles. The molecule has 0 amide bonds. The van der Waals surface area contributed by atoms with E-state index in [9.17, 15) is 8.42 Å². The highest BCUT2D eigenvalue weighted by Gasteiger charge is 2.07. The standard InChI is InChI=1S/C22H16N4O2S.H2/c1-29(27,28)19-5-3-18(4-6-19)26-22-14-20-17(15-25-22)10-13-24-21(20)7-2-16-8-11-23-12-9-16;/h3-6,8-15H,1H3,(H,25,26);1H. The van der Waals surface area contributed by atoms with Gasteiger partial charge in [-0.3, -0.25) is 4.98 Å². The molecule has 0 aliphatic rings. The summed E-state index contributed by atoms with van der Waals surface area (Å²) in [6, 6.07) is 14.0. The van der Waals surface area contributed by atoms with E-state index in [0.29, 0.717) is 11.5 Å². The predicted molar refractivity (Wildman–Crippen MR) is 115 cm³/mol. The van der Waals surface area contributed by atoms with E-state index in [-0.39, 0.29) is 6.32 Å². The minimum atomic E-state index is -3.23. The largest absolute Gasteiger partial charge is 0.340 e. The Morgan fingerprint density at radius 2 is 1.69 bits per heavy atom. The number of hydrogen-bond acceptors (Lipinski definition) is 6. The number of aromatic nitrogens is 3. The maximum absolute atomic E-state index is 11.6. The maximum Gasteiger partial charge on any atom is 0.175 e. The third kappa shape index (κ3) is 4.39. The van der Waals surface area contributed by atoms with Crippen molar-refractivity contribution in [2.45, 2.75) is 4.90 Å². The molecule has 0 radical (unpaired) electrons. The first-order valence-electron chi connectivity index (χ1n) is 8.73. The summed E-state index contributed by atoms with van der Waals surface area (Å²) in [6.07, 6.45) is 8.03. The molecule has 0 atom stereocenters. The number of benzene rings is 1. The molecule has 29 heavy (non-hydrogen) atoms. The number of fused-ring (bicyclic) bond motifs is 1. The summed E-state index contributed by atoms with van der Waals surface area (Å²) in [6.45, 7) is 0. The van der Waals surface area contributed by atoms with Crippen LogP contribution in [-0.4, -0.2) is 29.6 Å². The Bertz CT molecular complexity index is 1350. The molecule has 7 heteroatoms. The minimum Gasteiger partial charge on any atom is -0.340 e. The molecule has 0 aliphatic heterocycles. The lowest BCUT2D eigenvalue weighted by molar-refractivity contribution is 0.602. The number of rotatable bonds is 3. The van der Waals surface area contributed by atoms with Crippen molar-refractivity contribution in [2.24, 2.45) is 0 Å². The van der Waals surface area contributed by atoms with Crippen LogP contribution in [0.3, 0.4) is 0 Å². The second-order valence-corrected chi connectivity index (χ2v) is 8.37. The van der Waals surface area contributed by atoms with Crippen molar-refractivity contribution >= 4 is 32.1 Å². The highest BCUT2D eigenvalue weighted by molar-refractivity contribution is 7.90. The fraction of sp³-hybridized carbons (Fsp3) is 0.0455. The maximum atomic E-state index is 11.6. The van der Waals surface area contributed by atoms with E-state index in [1.807, 2.05) is 24.3 Å². The van der Waals surface area contributed by atoms with Gasteiger partial charge in [0.2, 0.25) is 0 Å². The van der Waals surface area contributed by atoms with E-state index in [1.54, 1.807) is 49.1 Å². The van der Waals surface area contributed by atoms with Crippen LogP contribution in [0, 0.1) is 11.8 Å². The molecule has 1 aromatic carbocycles. The van der Waals surface area contributed by atoms with Crippen molar-refractivity contribution in [1.29, 1.82) is 0 Å². The van der Waals surface area contributed by atoms with E-state index in [4.69, 9.17) is 0 Å². The molecular formula is C22H18N4O2S. The van der Waals surface area contributed by atoms with Crippen LogP contribution in [0.1, 0.15) is 12.7 Å². The molecule has 0 spiro atoms. The van der Waals surface area contributed by atoms with Gasteiger partial charge in [-0.1, -0.05) is 5.92 Å². The van der Waals surface area contributed by atoms with Crippen LogP contribution in [-0.2, 0) is 9.84 Å². The normalized spacial score (nSPS) is 10.9. The molecule has 0 fully saturated rings. The zero-order valence-corrected chi connectivity index (χ0v) is 16.3. The molecule has 0 aliphatic carbocycles. The van der Waals surface area contributed by atoms with Crippen LogP contribution in [0.15, 0.2) is 78.2 Å². The van der Waals surface area contributed by atoms with Crippen LogP contribution in [0.4, 0.5) is 11.5 Å². The lowest BCUT2D eigenvalue weighted by Gasteiger charge is -2.08. The average Bonchev–Trinajstić information content (AvgIpc) is 2.73. The van der Waals surface area contributed by atoms with Crippen molar-refractivity contribution in [3.05, 3.63) is 84.6 Å². The molecule has 144 valence electrons. The van der Waals surface area contributed by atoms with Gasteiger partial charge >= 0.3 is 0 Å². The summed E-state index contributed by atoms with van der Waals surface area (Å²) in [5, 5.41) is 4.99. The summed E-state index contributed by atoms with van der Waals surface area (Å²) in [7, 11) is -3.23. The lowest BCUT2D eigenvalue weighted by Crippen LogP contribution is -1.98. The van der Waals surface area contributed by atoms with Crippen molar-refractivity contribution in [3.8, 4) is 11.8 Å². The molecule has 0 saturated heterocycles. The van der Waals surface area contributed by atoms with Crippen molar-refractivity contribution < 1.29 is 9.84 Å². The summed E-state index contributed by atoms with van der Waals surface area (Å²) < 4.78 is 23.2. The summed E-state index contributed by atoms with van der Waals surface area (Å²) in [5.41, 5.74) is 2.24. The van der Waals surface area contributed by atoms with Gasteiger partial charge < -0.3 is 5.32 Å². The number of sulfone groups is 1. The first-order chi connectivity index (χ1) is 14.0. The van der Waals surface area contributed by atoms with Crippen LogP contribution in [0.2, 0.25) is 0 Å². The lowest BCUT2D eigenvalue weighted by atomic mass is 10.1. The van der Waals surface area contributed by atoms with E-state index < -0.39 is 9.84 Å². The van der Waals surface area contributed by atoms with Crippen LogP contribution < -0.4 is 5.32 Å². The van der Waals surface area contributed by atoms with E-state index >= 15 is 0 Å². The molecule has 4 aromatic rings. The second kappa shape index (κ2) is 7.70. The molecule has 0 bridgehead atoms. The zero-order chi connectivity index (χ0) is 20.3. The van der Waals surface area contributed by atoms with Gasteiger partial charge in [0, 0.05) is 54.5 Å². The first-order valence-corrected chi connectivity index (χ1v) is 10.6. The van der Waals surface area contributed by atoms with Gasteiger partial charge in [-0.25, -0.2) is 18.4 Å². The summed E-state index contributed by atoms with van der Waals surface area (Å²) >= 11 is 0. The topological polar surface area (TPSA) is 84.8 Å². The molecule has 3 aromatic heterocycles. The van der Waals surface area contributed by atoms with Gasteiger partial charge in [0.15, 0.2) is 9.84 Å². The Balaban J connectivity index is 0.00000256. The monoisotopic (exact) mass is 402 g/mol. The van der Waals surface area contributed by atoms with Gasteiger partial charge in [-0.2, -0.15) is 0 Å². The molecular weight excluding hydrogens is 384 g/mol. The quantitative estimate of drug-likeness (QED) is 0.525. The van der Waals surface area contributed by atoms with Crippen LogP contribution in [0.25, 0.3) is 10.8 Å². The number of anilines is 2. The van der Waals surface area contributed by atoms with E-state index in [2.05, 4.69) is 32.1 Å². The Hall–Kier alpha value is -3.76. The third-order valence-corrected chi connectivity index (χ3v) is 5.34. The number of nitrogens with zero attached hydrogens (tertiary/aromatic N) is 3. The Kier molecular flexibility index (Phi) is 4.94. The fourth-order valence-electron chi connectivity index (χ4n) is 2.73. The first kappa shape index (κ1) is 18.6. The SMILES string of the molecule is CS(=O)(=O)c1ccc(Nc2cc3c(C#Cc4ccncc4)nccc3cn2)cc1.[HH]. The van der Waals surface area contributed by atoms with Crippen LogP contribution >= 0.6 is 0 Å². The molecule has 6 nitrogen and oxygen atoms in total. The van der Waals surface area contributed by atoms with Gasteiger partial charge in [-0.05, 0) is 54.5 Å². The molecule has 0 unspecified atom stereocenters. The zero-order valence-electron chi connectivity index (χ0n) is 15.5. The fourth-order valence-corrected chi connectivity index (χ4v) is 3.36. The van der Waals surface area contributed by atoms with Crippen molar-refractivity contribution in [3.63, 3.8) is 0 Å². The number of nitrogens with one attached hydrogen (secondary N) is 1. The Morgan fingerprint density at radius 1 is 0.931 bits per heavy atom. The van der Waals surface area contributed by atoms with Crippen molar-refractivity contribution in [1.82, 2.24) is 15.0 Å². The number of hydrogen-bond donors (Lipinski definition) is 1. The Morgan fingerprint density at radius 3 is 2.41 bits per heavy atom. The van der Waals surface area contributed by atoms with Gasteiger partial charge in [0.1, 0.15) is 11.5 Å².